The van der Waals surface area contributed by atoms with Crippen LogP contribution in [0.5, 0.6) is 0 Å². The maximum atomic E-state index is 12.1. The summed E-state index contributed by atoms with van der Waals surface area (Å²) in [6, 6.07) is 3.73. The normalized spacial score (nSPS) is 11.6. The molecule has 3 N–H and O–H groups in total. The average molecular weight is 274 g/mol. The predicted molar refractivity (Wildman–Crippen MR) is 66.2 cm³/mol. The summed E-state index contributed by atoms with van der Waals surface area (Å²) in [5.74, 6) is -0.542. The monoisotopic (exact) mass is 274 g/mol. The number of anilines is 2. The molecule has 7 heteroatoms. The third-order valence-electron chi connectivity index (χ3n) is 2.06. The highest BCUT2D eigenvalue weighted by atomic mass is 19.4. The van der Waals surface area contributed by atoms with Crippen molar-refractivity contribution >= 4 is 23.4 Å². The van der Waals surface area contributed by atoms with Gasteiger partial charge in [0.2, 0.25) is 0 Å². The Bertz CT molecular complexity index is 484. The first kappa shape index (κ1) is 14.9. The summed E-state index contributed by atoms with van der Waals surface area (Å²) < 4.78 is 40.9. The van der Waals surface area contributed by atoms with Crippen LogP contribution in [0.15, 0.2) is 24.3 Å². The average Bonchev–Trinajstić information content (AvgIpc) is 2.26. The maximum Gasteiger partial charge on any atom is 0.482 e. The van der Waals surface area contributed by atoms with Crippen LogP contribution < -0.4 is 11.1 Å². The molecule has 0 bridgehead atoms. The molecule has 104 valence electrons. The Morgan fingerprint density at radius 2 is 2.16 bits per heavy atom. The van der Waals surface area contributed by atoms with Crippen molar-refractivity contribution in [3.05, 3.63) is 29.8 Å². The molecule has 0 heterocycles. The van der Waals surface area contributed by atoms with Gasteiger partial charge < -0.3 is 10.5 Å². The number of nitrogens with one attached hydrogen (secondary N) is 1. The molecular weight excluding hydrogens is 261 g/mol. The third-order valence-corrected chi connectivity index (χ3v) is 2.06. The Morgan fingerprint density at radius 1 is 1.47 bits per heavy atom. The highest BCUT2D eigenvalue weighted by Gasteiger charge is 2.26. The molecule has 0 radical (unpaired) electrons. The van der Waals surface area contributed by atoms with E-state index < -0.39 is 12.3 Å². The number of nitrogens with two attached hydrogens (primary N) is 1. The quantitative estimate of drug-likeness (QED) is 0.383. The number of halogens is 3. The van der Waals surface area contributed by atoms with Gasteiger partial charge in [-0.15, -0.1) is 0 Å². The summed E-state index contributed by atoms with van der Waals surface area (Å²) in [7, 11) is 0. The van der Waals surface area contributed by atoms with Gasteiger partial charge in [-0.2, -0.15) is 13.2 Å². The first-order chi connectivity index (χ1) is 8.81. The Kier molecular flexibility index (Phi) is 4.80. The van der Waals surface area contributed by atoms with Crippen molar-refractivity contribution in [2.24, 2.45) is 0 Å². The lowest BCUT2D eigenvalue weighted by atomic mass is 10.1. The maximum absolute atomic E-state index is 12.1. The number of hydrogen-bond donors (Lipinski definition) is 2. The standard InChI is InChI=1S/C12H13F3N2O2/c1-2-19-11(18)6-4-8-3-5-9(7-10(8)16)17-12(13,14)15/h3-7,17H,2,16H2,1H3/b6-4+. The largest absolute Gasteiger partial charge is 0.482 e. The van der Waals surface area contributed by atoms with Crippen LogP contribution in [0.1, 0.15) is 12.5 Å². The van der Waals surface area contributed by atoms with E-state index in [2.05, 4.69) is 4.74 Å². The zero-order valence-corrected chi connectivity index (χ0v) is 10.1. The highest BCUT2D eigenvalue weighted by molar-refractivity contribution is 5.88. The second kappa shape index (κ2) is 6.12. The van der Waals surface area contributed by atoms with Gasteiger partial charge in [0.15, 0.2) is 0 Å². The van der Waals surface area contributed by atoms with E-state index in [-0.39, 0.29) is 18.0 Å². The van der Waals surface area contributed by atoms with E-state index in [1.807, 2.05) is 0 Å². The van der Waals surface area contributed by atoms with Gasteiger partial charge in [-0.1, -0.05) is 6.07 Å². The molecule has 0 aliphatic carbocycles. The van der Waals surface area contributed by atoms with Crippen LogP contribution in [0.25, 0.3) is 6.08 Å². The molecule has 19 heavy (non-hydrogen) atoms. The molecule has 0 amide bonds. The van der Waals surface area contributed by atoms with Crippen LogP contribution >= 0.6 is 0 Å². The molecule has 0 aliphatic rings. The fraction of sp³-hybridized carbons (Fsp3) is 0.250. The van der Waals surface area contributed by atoms with E-state index in [1.165, 1.54) is 23.5 Å². The topological polar surface area (TPSA) is 64.3 Å². The number of ether oxygens (including phenoxy) is 1. The van der Waals surface area contributed by atoms with Crippen molar-refractivity contribution in [2.75, 3.05) is 17.7 Å². The summed E-state index contributed by atoms with van der Waals surface area (Å²) in [4.78, 5) is 11.1. The van der Waals surface area contributed by atoms with Gasteiger partial charge in [0.1, 0.15) is 0 Å². The van der Waals surface area contributed by atoms with Gasteiger partial charge in [0, 0.05) is 17.5 Å². The van der Waals surface area contributed by atoms with Crippen molar-refractivity contribution < 1.29 is 22.7 Å². The summed E-state index contributed by atoms with van der Waals surface area (Å²) in [6.45, 7) is 1.91. The zero-order valence-electron chi connectivity index (χ0n) is 10.1. The number of rotatable bonds is 4. The minimum atomic E-state index is -4.52. The molecule has 1 rings (SSSR count). The highest BCUT2D eigenvalue weighted by Crippen LogP contribution is 2.24. The lowest BCUT2D eigenvalue weighted by Gasteiger charge is -2.11. The van der Waals surface area contributed by atoms with Gasteiger partial charge in [0.05, 0.1) is 6.61 Å². The Labute approximate surface area is 108 Å². The van der Waals surface area contributed by atoms with Crippen molar-refractivity contribution in [2.45, 2.75) is 13.2 Å². The van der Waals surface area contributed by atoms with Crippen LogP contribution in [0, 0.1) is 0 Å². The van der Waals surface area contributed by atoms with E-state index in [4.69, 9.17) is 5.73 Å². The molecule has 0 saturated heterocycles. The number of carbonyl (C=O) groups is 1. The first-order valence-electron chi connectivity index (χ1n) is 5.41. The first-order valence-corrected chi connectivity index (χ1v) is 5.41. The number of carbonyl (C=O) groups excluding carboxylic acids is 1. The predicted octanol–water partition coefficient (Wildman–Crippen LogP) is 2.78. The summed E-state index contributed by atoms with van der Waals surface area (Å²) in [6.07, 6.45) is -1.98. The second-order valence-electron chi connectivity index (χ2n) is 3.55. The molecule has 1 aromatic carbocycles. The lowest BCUT2D eigenvalue weighted by molar-refractivity contribution is -0.137. The number of esters is 1. The minimum Gasteiger partial charge on any atom is -0.463 e. The number of hydrogen-bond acceptors (Lipinski definition) is 4. The molecule has 0 unspecified atom stereocenters. The van der Waals surface area contributed by atoms with Gasteiger partial charge in [-0.25, -0.2) is 4.79 Å². The van der Waals surface area contributed by atoms with Crippen LogP contribution in [0.2, 0.25) is 0 Å². The molecule has 4 nitrogen and oxygen atoms in total. The second-order valence-corrected chi connectivity index (χ2v) is 3.55. The van der Waals surface area contributed by atoms with Crippen molar-refractivity contribution in [3.8, 4) is 0 Å². The lowest BCUT2D eigenvalue weighted by Crippen LogP contribution is -2.20. The smallest absolute Gasteiger partial charge is 0.463 e. The molecule has 0 saturated carbocycles. The molecule has 0 spiro atoms. The van der Waals surface area contributed by atoms with Crippen LogP contribution in [-0.2, 0) is 9.53 Å². The SMILES string of the molecule is CCOC(=O)/C=C/c1ccc(NC(F)(F)F)cc1N. The number of nitrogen functional groups attached to an aromatic ring is 1. The molecule has 0 aromatic heterocycles. The minimum absolute atomic E-state index is 0.120. The zero-order chi connectivity index (χ0) is 14.5. The van der Waals surface area contributed by atoms with Gasteiger partial charge in [-0.3, -0.25) is 5.32 Å². The molecule has 0 fully saturated rings. The Hall–Kier alpha value is -2.18. The molecule has 0 aliphatic heterocycles. The summed E-state index contributed by atoms with van der Waals surface area (Å²) >= 11 is 0. The molecular formula is C12H13F3N2O2. The van der Waals surface area contributed by atoms with Gasteiger partial charge in [-0.05, 0) is 30.7 Å². The van der Waals surface area contributed by atoms with E-state index in [0.717, 1.165) is 12.1 Å². The summed E-state index contributed by atoms with van der Waals surface area (Å²) in [5.41, 5.74) is 5.97. The van der Waals surface area contributed by atoms with Crippen molar-refractivity contribution in [1.29, 1.82) is 0 Å². The number of benzene rings is 1. The van der Waals surface area contributed by atoms with Gasteiger partial charge in [0.25, 0.3) is 0 Å². The van der Waals surface area contributed by atoms with Crippen molar-refractivity contribution in [1.82, 2.24) is 0 Å². The number of alkyl halides is 3. The Balaban J connectivity index is 2.80. The van der Waals surface area contributed by atoms with Crippen LogP contribution in [0.3, 0.4) is 0 Å². The van der Waals surface area contributed by atoms with E-state index in [9.17, 15) is 18.0 Å². The van der Waals surface area contributed by atoms with Crippen LogP contribution in [-0.4, -0.2) is 18.9 Å². The van der Waals surface area contributed by atoms with Crippen LogP contribution in [0.4, 0.5) is 24.5 Å². The van der Waals surface area contributed by atoms with E-state index in [0.29, 0.717) is 5.56 Å². The molecule has 0 atom stereocenters. The van der Waals surface area contributed by atoms with Crippen molar-refractivity contribution in [3.63, 3.8) is 0 Å². The fourth-order valence-corrected chi connectivity index (χ4v) is 1.32. The molecule has 1 aromatic rings. The van der Waals surface area contributed by atoms with E-state index in [1.54, 1.807) is 6.92 Å². The third kappa shape index (κ3) is 5.33. The fourth-order valence-electron chi connectivity index (χ4n) is 1.32. The van der Waals surface area contributed by atoms with E-state index >= 15 is 0 Å². The van der Waals surface area contributed by atoms with Gasteiger partial charge >= 0.3 is 12.3 Å². The Morgan fingerprint density at radius 3 is 2.68 bits per heavy atom. The summed E-state index contributed by atoms with van der Waals surface area (Å²) in [5, 5.41) is 1.34.